The van der Waals surface area contributed by atoms with Gasteiger partial charge in [-0.3, -0.25) is 9.59 Å². The molecule has 1 aliphatic heterocycles. The molecule has 0 fully saturated rings. The second kappa shape index (κ2) is 7.58. The molecular weight excluding hydrogens is 459 g/mol. The first kappa shape index (κ1) is 21.9. The summed E-state index contributed by atoms with van der Waals surface area (Å²) in [4.78, 5) is 25.1. The van der Waals surface area contributed by atoms with Crippen molar-refractivity contribution in [2.24, 2.45) is 0 Å². The summed E-state index contributed by atoms with van der Waals surface area (Å²) in [5.41, 5.74) is -1.04. The fourth-order valence-electron chi connectivity index (χ4n) is 2.42. The number of benzene rings is 2. The zero-order valence-electron chi connectivity index (χ0n) is 12.7. The molecule has 0 unspecified atom stereocenters. The second-order valence-corrected chi connectivity index (χ2v) is 7.73. The van der Waals surface area contributed by atoms with Crippen molar-refractivity contribution in [3.05, 3.63) is 55.5 Å². The summed E-state index contributed by atoms with van der Waals surface area (Å²) in [7, 11) is -4.96. The van der Waals surface area contributed by atoms with Crippen LogP contribution in [0, 0.1) is 0 Å². The molecule has 1 heterocycles. The van der Waals surface area contributed by atoms with Crippen molar-refractivity contribution in [2.45, 2.75) is 4.90 Å². The summed E-state index contributed by atoms with van der Waals surface area (Å²) in [5.74, 6) is -1.94. The summed E-state index contributed by atoms with van der Waals surface area (Å²) < 4.78 is 34.3. The number of nitrogens with zero attached hydrogens (tertiary/aromatic N) is 1. The van der Waals surface area contributed by atoms with Crippen LogP contribution in [0.3, 0.4) is 0 Å². The Morgan fingerprint density at radius 3 is 1.65 bits per heavy atom. The van der Waals surface area contributed by atoms with E-state index in [0.29, 0.717) is 4.90 Å². The Bertz CT molecular complexity index is 1030. The summed E-state index contributed by atoms with van der Waals surface area (Å²) >= 11 is 23.8. The van der Waals surface area contributed by atoms with Crippen LogP contribution in [0.5, 0.6) is 0 Å². The number of hydrogen-bond donors (Lipinski definition) is 0. The number of hydrogen-bond acceptors (Lipinski definition) is 5. The van der Waals surface area contributed by atoms with Crippen molar-refractivity contribution in [3.8, 4) is 0 Å². The first-order valence-electron chi connectivity index (χ1n) is 6.37. The Morgan fingerprint density at radius 2 is 1.23 bits per heavy atom. The molecule has 2 aromatic carbocycles. The number of amides is 2. The van der Waals surface area contributed by atoms with Gasteiger partial charge in [-0.15, -0.1) is 0 Å². The molecule has 0 N–H and O–H groups in total. The maximum absolute atomic E-state index is 12.7. The first-order chi connectivity index (χ1) is 11.6. The second-order valence-electron chi connectivity index (χ2n) is 4.87. The molecule has 2 amide bonds. The number of halogens is 4. The number of imide groups is 1. The molecule has 26 heavy (non-hydrogen) atoms. The Labute approximate surface area is 190 Å². The molecule has 0 aliphatic carbocycles. The zero-order valence-corrected chi connectivity index (χ0v) is 18.6. The first-order valence-corrected chi connectivity index (χ1v) is 9.29. The Hall–Kier alpha value is -0.350. The number of carbonyl (C=O) groups excluding carboxylic acids is 2. The molecule has 0 bridgehead atoms. The van der Waals surface area contributed by atoms with Gasteiger partial charge < -0.3 is 4.55 Å². The van der Waals surface area contributed by atoms with Crippen LogP contribution in [0.1, 0.15) is 20.7 Å². The molecule has 6 nitrogen and oxygen atoms in total. The summed E-state index contributed by atoms with van der Waals surface area (Å²) in [6.45, 7) is 0. The smallest absolute Gasteiger partial charge is 0.744 e. The average Bonchev–Trinajstić information content (AvgIpc) is 2.81. The minimum absolute atomic E-state index is 0. The van der Waals surface area contributed by atoms with Gasteiger partial charge in [0.2, 0.25) is 0 Å². The molecule has 0 saturated carbocycles. The Morgan fingerprint density at radius 1 is 0.808 bits per heavy atom. The van der Waals surface area contributed by atoms with Crippen LogP contribution in [0.25, 0.3) is 0 Å². The van der Waals surface area contributed by atoms with Gasteiger partial charge in [0.05, 0.1) is 41.8 Å². The van der Waals surface area contributed by atoms with Gasteiger partial charge in [0, 0.05) is 0 Å². The van der Waals surface area contributed by atoms with E-state index in [1.54, 1.807) is 0 Å². The van der Waals surface area contributed by atoms with Crippen LogP contribution in [0.4, 0.5) is 5.69 Å². The number of carbonyl (C=O) groups is 2. The van der Waals surface area contributed by atoms with Gasteiger partial charge in [-0.2, -0.15) is 0 Å². The number of para-hydroxylation sites is 1. The van der Waals surface area contributed by atoms with Gasteiger partial charge in [0.1, 0.15) is 10.1 Å². The van der Waals surface area contributed by atoms with Crippen LogP contribution >= 0.6 is 46.4 Å². The van der Waals surface area contributed by atoms with Gasteiger partial charge in [-0.1, -0.05) is 58.5 Å². The van der Waals surface area contributed by atoms with Gasteiger partial charge >= 0.3 is 29.6 Å². The van der Waals surface area contributed by atoms with E-state index in [1.165, 1.54) is 12.1 Å². The van der Waals surface area contributed by atoms with E-state index in [4.69, 9.17) is 46.4 Å². The van der Waals surface area contributed by atoms with Crippen molar-refractivity contribution in [1.29, 1.82) is 0 Å². The normalized spacial score (nSPS) is 13.7. The third kappa shape index (κ3) is 3.30. The predicted molar refractivity (Wildman–Crippen MR) is 92.0 cm³/mol. The molecule has 2 aromatic rings. The summed E-state index contributed by atoms with van der Waals surface area (Å²) in [6.07, 6.45) is 0. The molecule has 12 heteroatoms. The van der Waals surface area contributed by atoms with Gasteiger partial charge in [0.25, 0.3) is 11.8 Å². The third-order valence-electron chi connectivity index (χ3n) is 3.48. The summed E-state index contributed by atoms with van der Waals surface area (Å²) in [5, 5.41) is -1.04. The number of fused-ring (bicyclic) bond motifs is 1. The molecular formula is C14H4Cl4NNaO5S. The molecule has 0 radical (unpaired) electrons. The fourth-order valence-corrected chi connectivity index (χ4v) is 4.10. The van der Waals surface area contributed by atoms with E-state index < -0.39 is 32.5 Å². The third-order valence-corrected chi connectivity index (χ3v) is 6.16. The van der Waals surface area contributed by atoms with E-state index in [9.17, 15) is 22.6 Å². The average molecular weight is 463 g/mol. The Kier molecular flexibility index (Phi) is 6.40. The minimum atomic E-state index is -4.96. The molecule has 0 atom stereocenters. The van der Waals surface area contributed by atoms with Gasteiger partial charge in [-0.05, 0) is 12.1 Å². The van der Waals surface area contributed by atoms with Crippen molar-refractivity contribution in [3.63, 3.8) is 0 Å². The largest absolute Gasteiger partial charge is 1.00 e. The molecule has 0 spiro atoms. The zero-order chi connectivity index (χ0) is 18.7. The molecule has 0 saturated heterocycles. The van der Waals surface area contributed by atoms with E-state index in [2.05, 4.69) is 0 Å². The molecule has 130 valence electrons. The predicted octanol–water partition coefficient (Wildman–Crippen LogP) is 1.01. The monoisotopic (exact) mass is 461 g/mol. The standard InChI is InChI=1S/C14H5Cl4NO5S.Na/c15-9-7-8(10(16)12(18)11(9)17)14(21)19(13(7)20)5-3-1-2-4-6(5)25(22,23)24;/h1-4H,(H,22,23,24);/q;+1/p-1. The maximum atomic E-state index is 12.7. The topological polar surface area (TPSA) is 94.6 Å². The quantitative estimate of drug-likeness (QED) is 0.218. The van der Waals surface area contributed by atoms with E-state index in [1.807, 2.05) is 0 Å². The Balaban J connectivity index is 0.00000243. The van der Waals surface area contributed by atoms with Crippen LogP contribution in [-0.2, 0) is 10.1 Å². The van der Waals surface area contributed by atoms with Crippen LogP contribution in [0.2, 0.25) is 20.1 Å². The maximum Gasteiger partial charge on any atom is 1.00 e. The van der Waals surface area contributed by atoms with Gasteiger partial charge in [0.15, 0.2) is 0 Å². The van der Waals surface area contributed by atoms with Crippen molar-refractivity contribution < 1.29 is 52.1 Å². The number of anilines is 1. The van der Waals surface area contributed by atoms with Crippen LogP contribution in [0.15, 0.2) is 29.2 Å². The fraction of sp³-hybridized carbons (Fsp3) is 0. The van der Waals surface area contributed by atoms with Crippen LogP contribution in [-0.4, -0.2) is 24.8 Å². The number of rotatable bonds is 2. The molecule has 1 aliphatic rings. The SMILES string of the molecule is O=C1c2c(Cl)c(Cl)c(Cl)c(Cl)c2C(=O)N1c1ccccc1S(=O)(=O)[O-].[Na+]. The van der Waals surface area contributed by atoms with E-state index in [0.717, 1.165) is 12.1 Å². The van der Waals surface area contributed by atoms with E-state index >= 15 is 0 Å². The minimum Gasteiger partial charge on any atom is -0.744 e. The van der Waals surface area contributed by atoms with Crippen LogP contribution < -0.4 is 34.5 Å². The molecule has 0 aromatic heterocycles. The molecule has 3 rings (SSSR count). The van der Waals surface area contributed by atoms with Crippen molar-refractivity contribution in [2.75, 3.05) is 4.90 Å². The summed E-state index contributed by atoms with van der Waals surface area (Å²) in [6, 6.07) is 4.75. The van der Waals surface area contributed by atoms with Crippen molar-refractivity contribution in [1.82, 2.24) is 0 Å². The van der Waals surface area contributed by atoms with E-state index in [-0.39, 0.29) is 60.8 Å². The van der Waals surface area contributed by atoms with Crippen molar-refractivity contribution >= 4 is 74.0 Å². The van der Waals surface area contributed by atoms with Gasteiger partial charge in [-0.25, -0.2) is 13.3 Å².